The summed E-state index contributed by atoms with van der Waals surface area (Å²) in [7, 11) is 0. The number of rotatable bonds is 6. The van der Waals surface area contributed by atoms with Gasteiger partial charge >= 0.3 is 0 Å². The van der Waals surface area contributed by atoms with Crippen molar-refractivity contribution in [1.82, 2.24) is 15.0 Å². The number of aromatic amines is 1. The highest BCUT2D eigenvalue weighted by Crippen LogP contribution is 2.33. The van der Waals surface area contributed by atoms with E-state index in [4.69, 9.17) is 9.47 Å². The van der Waals surface area contributed by atoms with E-state index in [-0.39, 0.29) is 6.10 Å². The summed E-state index contributed by atoms with van der Waals surface area (Å²) in [6.45, 7) is 4.50. The smallest absolute Gasteiger partial charge is 0.158 e. The first-order chi connectivity index (χ1) is 13.2. The minimum absolute atomic E-state index is 0.0515. The second-order valence-electron chi connectivity index (χ2n) is 6.49. The second kappa shape index (κ2) is 7.50. The van der Waals surface area contributed by atoms with Crippen LogP contribution in [0.2, 0.25) is 0 Å². The van der Waals surface area contributed by atoms with Gasteiger partial charge in [-0.2, -0.15) is 0 Å². The molecule has 1 N–H and O–H groups in total. The highest BCUT2D eigenvalue weighted by Gasteiger charge is 2.14. The Morgan fingerprint density at radius 2 is 1.93 bits per heavy atom. The molecule has 0 saturated heterocycles. The second-order valence-corrected chi connectivity index (χ2v) is 6.49. The Labute approximate surface area is 158 Å². The fraction of sp³-hybridized carbons (Fsp3) is 0.182. The molecule has 5 heteroatoms. The molecule has 27 heavy (non-hydrogen) atoms. The first kappa shape index (κ1) is 17.1. The zero-order valence-electron chi connectivity index (χ0n) is 15.3. The predicted octanol–water partition coefficient (Wildman–Crippen LogP) is 4.79. The molecular formula is C22H20N3O2. The van der Waals surface area contributed by atoms with E-state index in [9.17, 15) is 0 Å². The van der Waals surface area contributed by atoms with E-state index in [1.54, 1.807) is 6.07 Å². The van der Waals surface area contributed by atoms with Crippen LogP contribution in [-0.2, 0) is 6.61 Å². The number of hydrogen-bond donors (Lipinski definition) is 1. The van der Waals surface area contributed by atoms with Crippen LogP contribution in [0.5, 0.6) is 11.5 Å². The van der Waals surface area contributed by atoms with Crippen molar-refractivity contribution in [1.29, 1.82) is 0 Å². The van der Waals surface area contributed by atoms with Crippen molar-refractivity contribution in [3.05, 3.63) is 72.4 Å². The maximum Gasteiger partial charge on any atom is 0.158 e. The Kier molecular flexibility index (Phi) is 4.75. The van der Waals surface area contributed by atoms with Crippen LogP contribution in [-0.4, -0.2) is 21.1 Å². The van der Waals surface area contributed by atoms with Gasteiger partial charge in [0, 0.05) is 0 Å². The van der Waals surface area contributed by atoms with E-state index in [0.29, 0.717) is 18.1 Å². The molecule has 2 heterocycles. The molecule has 0 fully saturated rings. The highest BCUT2D eigenvalue weighted by atomic mass is 16.5. The monoisotopic (exact) mass is 358 g/mol. The van der Waals surface area contributed by atoms with Crippen LogP contribution in [0.25, 0.3) is 22.6 Å². The SMILES string of the molecule is CC(C)Oc1ccc(OCc2ccccc2)cc1-c1nc2cc[c]nc2[nH]1. The van der Waals surface area contributed by atoms with Crippen LogP contribution in [0.1, 0.15) is 19.4 Å². The number of fused-ring (bicyclic) bond motifs is 1. The van der Waals surface area contributed by atoms with Crippen LogP contribution < -0.4 is 9.47 Å². The van der Waals surface area contributed by atoms with E-state index < -0.39 is 0 Å². The van der Waals surface area contributed by atoms with Gasteiger partial charge in [-0.15, -0.1) is 0 Å². The predicted molar refractivity (Wildman–Crippen MR) is 105 cm³/mol. The van der Waals surface area contributed by atoms with Gasteiger partial charge in [-0.05, 0) is 49.7 Å². The summed E-state index contributed by atoms with van der Waals surface area (Å²) in [5.74, 6) is 2.20. The van der Waals surface area contributed by atoms with Crippen molar-refractivity contribution >= 4 is 11.2 Å². The largest absolute Gasteiger partial charge is 0.490 e. The molecule has 4 rings (SSSR count). The van der Waals surface area contributed by atoms with Crippen molar-refractivity contribution in [2.75, 3.05) is 0 Å². The summed E-state index contributed by atoms with van der Waals surface area (Å²) in [6, 6.07) is 19.5. The molecule has 4 aromatic rings. The number of benzene rings is 2. The fourth-order valence-corrected chi connectivity index (χ4v) is 2.81. The number of imidazole rings is 1. The summed E-state index contributed by atoms with van der Waals surface area (Å²) in [5, 5.41) is 0. The average molecular weight is 358 g/mol. The Morgan fingerprint density at radius 3 is 2.70 bits per heavy atom. The summed E-state index contributed by atoms with van der Waals surface area (Å²) in [6.07, 6.45) is 2.87. The highest BCUT2D eigenvalue weighted by molar-refractivity contribution is 5.78. The molecule has 135 valence electrons. The van der Waals surface area contributed by atoms with Gasteiger partial charge in [-0.25, -0.2) is 9.97 Å². The molecule has 0 saturated carbocycles. The molecule has 0 aliphatic heterocycles. The molecule has 0 aliphatic rings. The number of pyridine rings is 1. The quantitative estimate of drug-likeness (QED) is 0.538. The van der Waals surface area contributed by atoms with Crippen molar-refractivity contribution < 1.29 is 9.47 Å². The maximum absolute atomic E-state index is 5.97. The molecule has 0 amide bonds. The molecule has 2 aromatic heterocycles. The topological polar surface area (TPSA) is 60.0 Å². The minimum atomic E-state index is 0.0515. The first-order valence-electron chi connectivity index (χ1n) is 8.89. The Balaban J connectivity index is 1.68. The minimum Gasteiger partial charge on any atom is -0.490 e. The van der Waals surface area contributed by atoms with Crippen molar-refractivity contribution in [2.24, 2.45) is 0 Å². The van der Waals surface area contributed by atoms with Crippen molar-refractivity contribution in [2.45, 2.75) is 26.6 Å². The van der Waals surface area contributed by atoms with E-state index in [1.165, 1.54) is 0 Å². The molecule has 0 bridgehead atoms. The van der Waals surface area contributed by atoms with Gasteiger partial charge in [-0.3, -0.25) is 0 Å². The van der Waals surface area contributed by atoms with Crippen LogP contribution in [0.4, 0.5) is 0 Å². The zero-order valence-corrected chi connectivity index (χ0v) is 15.3. The van der Waals surface area contributed by atoms with E-state index >= 15 is 0 Å². The lowest BCUT2D eigenvalue weighted by atomic mass is 10.1. The molecule has 2 aromatic carbocycles. The van der Waals surface area contributed by atoms with E-state index in [1.807, 2.05) is 68.4 Å². The first-order valence-corrected chi connectivity index (χ1v) is 8.89. The molecular weight excluding hydrogens is 338 g/mol. The summed E-state index contributed by atoms with van der Waals surface area (Å²) in [5.41, 5.74) is 3.44. The van der Waals surface area contributed by atoms with Gasteiger partial charge in [0.1, 0.15) is 29.4 Å². The Morgan fingerprint density at radius 1 is 1.07 bits per heavy atom. The summed E-state index contributed by atoms with van der Waals surface area (Å²) < 4.78 is 11.9. The molecule has 0 spiro atoms. The number of hydrogen-bond acceptors (Lipinski definition) is 4. The van der Waals surface area contributed by atoms with Gasteiger partial charge in [0.25, 0.3) is 0 Å². The average Bonchev–Trinajstić information content (AvgIpc) is 3.11. The molecule has 0 unspecified atom stereocenters. The third-order valence-electron chi connectivity index (χ3n) is 4.02. The van der Waals surface area contributed by atoms with Gasteiger partial charge in [-0.1, -0.05) is 30.3 Å². The number of aromatic nitrogens is 3. The fourth-order valence-electron chi connectivity index (χ4n) is 2.81. The summed E-state index contributed by atoms with van der Waals surface area (Å²) in [4.78, 5) is 12.1. The van der Waals surface area contributed by atoms with Crippen LogP contribution in [0, 0.1) is 6.20 Å². The maximum atomic E-state index is 5.97. The van der Waals surface area contributed by atoms with E-state index in [0.717, 1.165) is 28.1 Å². The zero-order chi connectivity index (χ0) is 18.6. The standard InChI is InChI=1S/C22H20N3O2/c1-15(2)27-20-11-10-17(26-14-16-7-4-3-5-8-16)13-18(20)21-24-19-9-6-12-23-22(19)25-21/h3-11,13,15H,14H2,1-2H3,(H,23,24,25). The molecule has 0 atom stereocenters. The lowest BCUT2D eigenvalue weighted by Crippen LogP contribution is -2.07. The van der Waals surface area contributed by atoms with Crippen molar-refractivity contribution in [3.63, 3.8) is 0 Å². The molecule has 5 nitrogen and oxygen atoms in total. The lowest BCUT2D eigenvalue weighted by molar-refractivity contribution is 0.242. The molecule has 0 aliphatic carbocycles. The van der Waals surface area contributed by atoms with Gasteiger partial charge in [0.2, 0.25) is 0 Å². The van der Waals surface area contributed by atoms with Gasteiger partial charge in [0.05, 0.1) is 17.9 Å². The van der Waals surface area contributed by atoms with Crippen LogP contribution >= 0.6 is 0 Å². The summed E-state index contributed by atoms with van der Waals surface area (Å²) >= 11 is 0. The van der Waals surface area contributed by atoms with Crippen molar-refractivity contribution in [3.8, 4) is 22.9 Å². The number of ether oxygens (including phenoxy) is 2. The van der Waals surface area contributed by atoms with Gasteiger partial charge < -0.3 is 14.5 Å². The van der Waals surface area contributed by atoms with Gasteiger partial charge in [0.15, 0.2) is 5.65 Å². The molecule has 1 radical (unpaired) electrons. The van der Waals surface area contributed by atoms with E-state index in [2.05, 4.69) is 21.1 Å². The van der Waals surface area contributed by atoms with Crippen LogP contribution in [0.15, 0.2) is 60.7 Å². The number of nitrogens with one attached hydrogen (secondary N) is 1. The number of nitrogens with zero attached hydrogens (tertiary/aromatic N) is 2. The Bertz CT molecular complexity index is 1010. The third-order valence-corrected chi connectivity index (χ3v) is 4.02. The lowest BCUT2D eigenvalue weighted by Gasteiger charge is -2.15. The number of H-pyrrole nitrogens is 1. The van der Waals surface area contributed by atoms with Crippen LogP contribution in [0.3, 0.4) is 0 Å². The third kappa shape index (κ3) is 3.92. The normalized spacial score (nSPS) is 11.1. The Hall–Kier alpha value is -3.34.